The van der Waals surface area contributed by atoms with E-state index in [9.17, 15) is 35.9 Å². The molecule has 28 heavy (non-hydrogen) atoms. The minimum absolute atomic E-state index is 0.0231. The van der Waals surface area contributed by atoms with Gasteiger partial charge in [-0.25, -0.2) is 17.6 Å². The molecule has 0 heterocycles. The predicted octanol–water partition coefficient (Wildman–Crippen LogP) is 4.58. The molecule has 0 saturated heterocycles. The molecule has 0 unspecified atom stereocenters. The Kier molecular flexibility index (Phi) is 5.44. The summed E-state index contributed by atoms with van der Waals surface area (Å²) in [6.07, 6.45) is -0.411. The lowest BCUT2D eigenvalue weighted by molar-refractivity contribution is -0.142. The van der Waals surface area contributed by atoms with Crippen molar-refractivity contribution in [1.29, 1.82) is 0 Å². The average Bonchev–Trinajstić information content (AvgIpc) is 2.68. The number of carbonyl (C=O) groups is 2. The lowest BCUT2D eigenvalue weighted by Gasteiger charge is -2.29. The average molecular weight is 402 g/mol. The fourth-order valence-electron chi connectivity index (χ4n) is 3.24. The van der Waals surface area contributed by atoms with E-state index in [0.717, 1.165) is 6.07 Å². The summed E-state index contributed by atoms with van der Waals surface area (Å²) < 4.78 is 85.8. The van der Waals surface area contributed by atoms with E-state index in [1.807, 2.05) is 0 Å². The van der Waals surface area contributed by atoms with Crippen molar-refractivity contribution in [1.82, 2.24) is 0 Å². The third kappa shape index (κ3) is 3.48. The maximum Gasteiger partial charge on any atom is 0.315 e. The van der Waals surface area contributed by atoms with Crippen LogP contribution in [-0.2, 0) is 9.59 Å². The van der Waals surface area contributed by atoms with E-state index in [2.05, 4.69) is 4.74 Å². The summed E-state index contributed by atoms with van der Waals surface area (Å²) in [4.78, 5) is 24.2. The zero-order valence-corrected chi connectivity index (χ0v) is 14.1. The molecule has 2 aromatic rings. The highest BCUT2D eigenvalue weighted by molar-refractivity contribution is 5.85. The molecule has 0 aromatic heterocycles. The van der Waals surface area contributed by atoms with E-state index >= 15 is 0 Å². The zero-order valence-electron chi connectivity index (χ0n) is 14.1. The van der Waals surface area contributed by atoms with Gasteiger partial charge in [0, 0.05) is 18.8 Å². The lowest BCUT2D eigenvalue weighted by atomic mass is 9.75. The molecule has 2 atom stereocenters. The Morgan fingerprint density at radius 1 is 0.893 bits per heavy atom. The third-order valence-electron chi connectivity index (χ3n) is 4.65. The first-order chi connectivity index (χ1) is 13.2. The van der Waals surface area contributed by atoms with Crippen LogP contribution in [0.15, 0.2) is 24.3 Å². The molecule has 9 heteroatoms. The van der Waals surface area contributed by atoms with Crippen molar-refractivity contribution in [2.24, 2.45) is 5.92 Å². The van der Waals surface area contributed by atoms with Gasteiger partial charge in [0.25, 0.3) is 0 Å². The van der Waals surface area contributed by atoms with E-state index in [0.29, 0.717) is 0 Å². The molecular weight excluding hydrogens is 390 g/mol. The van der Waals surface area contributed by atoms with Crippen molar-refractivity contribution in [3.8, 4) is 5.75 Å². The number of ether oxygens (including phenoxy) is 1. The highest BCUT2D eigenvalue weighted by Crippen LogP contribution is 2.39. The quantitative estimate of drug-likeness (QED) is 0.248. The Morgan fingerprint density at radius 2 is 1.46 bits per heavy atom. The molecule has 1 fully saturated rings. The molecule has 3 rings (SSSR count). The fraction of sp³-hybridized carbons (Fsp3) is 0.263. The van der Waals surface area contributed by atoms with Crippen LogP contribution in [0.3, 0.4) is 0 Å². The van der Waals surface area contributed by atoms with Crippen molar-refractivity contribution < 1.29 is 40.7 Å². The summed E-state index contributed by atoms with van der Waals surface area (Å²) in [5.74, 6) is -17.7. The SMILES string of the molecule is O=C1CC[C@@H](C(=O)Oc2c(F)c(F)c(F)c(F)c2F)[C@H](c2ccccc2F)C1. The Morgan fingerprint density at radius 3 is 2.07 bits per heavy atom. The number of benzene rings is 2. The number of halogens is 6. The van der Waals surface area contributed by atoms with E-state index in [4.69, 9.17) is 0 Å². The number of carbonyl (C=O) groups excluding carboxylic acids is 2. The van der Waals surface area contributed by atoms with Gasteiger partial charge in [-0.15, -0.1) is 0 Å². The van der Waals surface area contributed by atoms with Gasteiger partial charge in [-0.1, -0.05) is 18.2 Å². The van der Waals surface area contributed by atoms with Gasteiger partial charge in [0.15, 0.2) is 0 Å². The molecule has 0 N–H and O–H groups in total. The molecule has 1 aliphatic carbocycles. The lowest BCUT2D eigenvalue weighted by Crippen LogP contribution is -2.33. The van der Waals surface area contributed by atoms with E-state index < -0.39 is 58.5 Å². The van der Waals surface area contributed by atoms with Crippen molar-refractivity contribution in [2.75, 3.05) is 0 Å². The summed E-state index contributed by atoms with van der Waals surface area (Å²) in [7, 11) is 0. The molecule has 0 spiro atoms. The van der Waals surface area contributed by atoms with Crippen molar-refractivity contribution in [3.63, 3.8) is 0 Å². The second-order valence-electron chi connectivity index (χ2n) is 6.34. The zero-order chi connectivity index (χ0) is 20.6. The van der Waals surface area contributed by atoms with Crippen molar-refractivity contribution in [2.45, 2.75) is 25.2 Å². The van der Waals surface area contributed by atoms with Crippen LogP contribution >= 0.6 is 0 Å². The van der Waals surface area contributed by atoms with Gasteiger partial charge < -0.3 is 4.74 Å². The molecule has 0 aliphatic heterocycles. The number of hydrogen-bond acceptors (Lipinski definition) is 3. The molecule has 1 saturated carbocycles. The third-order valence-corrected chi connectivity index (χ3v) is 4.65. The maximum absolute atomic E-state index is 14.1. The normalized spacial score (nSPS) is 19.6. The molecule has 2 aromatic carbocycles. The largest absolute Gasteiger partial charge is 0.420 e. The summed E-state index contributed by atoms with van der Waals surface area (Å²) >= 11 is 0. The predicted molar refractivity (Wildman–Crippen MR) is 83.4 cm³/mol. The molecule has 3 nitrogen and oxygen atoms in total. The second-order valence-corrected chi connectivity index (χ2v) is 6.34. The number of Topliss-reactive ketones (excluding diaryl/α,β-unsaturated/α-hetero) is 1. The van der Waals surface area contributed by atoms with Crippen molar-refractivity contribution >= 4 is 11.8 Å². The van der Waals surface area contributed by atoms with E-state index in [-0.39, 0.29) is 30.6 Å². The number of esters is 1. The minimum atomic E-state index is -2.39. The molecule has 0 bridgehead atoms. The van der Waals surface area contributed by atoms with Crippen LogP contribution in [0.1, 0.15) is 30.7 Å². The van der Waals surface area contributed by atoms with Gasteiger partial charge in [0.05, 0.1) is 5.92 Å². The maximum atomic E-state index is 14.1. The minimum Gasteiger partial charge on any atom is -0.420 e. The van der Waals surface area contributed by atoms with Crippen LogP contribution in [0.2, 0.25) is 0 Å². The topological polar surface area (TPSA) is 43.4 Å². The smallest absolute Gasteiger partial charge is 0.315 e. The number of ketones is 1. The first kappa shape index (κ1) is 19.9. The summed E-state index contributed by atoms with van der Waals surface area (Å²) in [5, 5.41) is 0. The molecular formula is C19H12F6O3. The van der Waals surface area contributed by atoms with Crippen molar-refractivity contribution in [3.05, 3.63) is 64.7 Å². The Bertz CT molecular complexity index is 930. The second kappa shape index (κ2) is 7.65. The highest BCUT2D eigenvalue weighted by Gasteiger charge is 2.39. The van der Waals surface area contributed by atoms with Gasteiger partial charge in [0.2, 0.25) is 34.8 Å². The van der Waals surface area contributed by atoms with Gasteiger partial charge >= 0.3 is 5.97 Å². The van der Waals surface area contributed by atoms with Crippen LogP contribution in [-0.4, -0.2) is 11.8 Å². The van der Waals surface area contributed by atoms with Crippen LogP contribution in [0.5, 0.6) is 5.75 Å². The summed E-state index contributed by atoms with van der Waals surface area (Å²) in [6, 6.07) is 5.33. The standard InChI is InChI=1S/C19H12F6O3/c20-12-4-2-1-3-9(12)11-7-8(26)5-6-10(11)19(27)28-18-16(24)14(22)13(21)15(23)17(18)25/h1-4,10-11H,5-7H2/t10-,11+/m1/s1. The van der Waals surface area contributed by atoms with Gasteiger partial charge in [-0.3, -0.25) is 9.59 Å². The molecule has 148 valence electrons. The number of hydrogen-bond donors (Lipinski definition) is 0. The Labute approximate surface area is 154 Å². The van der Waals surface area contributed by atoms with Gasteiger partial charge in [0.1, 0.15) is 11.6 Å². The Balaban J connectivity index is 1.95. The van der Waals surface area contributed by atoms with Crippen LogP contribution in [0.4, 0.5) is 26.3 Å². The molecule has 1 aliphatic rings. The first-order valence-electron chi connectivity index (χ1n) is 8.21. The summed E-state index contributed by atoms with van der Waals surface area (Å²) in [6.45, 7) is 0. The monoisotopic (exact) mass is 402 g/mol. The molecule has 0 amide bonds. The summed E-state index contributed by atoms with van der Waals surface area (Å²) in [5.41, 5.74) is 0.0231. The Hall–Kier alpha value is -2.84. The van der Waals surface area contributed by atoms with Crippen LogP contribution < -0.4 is 4.74 Å². The van der Waals surface area contributed by atoms with E-state index in [1.54, 1.807) is 0 Å². The van der Waals surface area contributed by atoms with Crippen LogP contribution in [0, 0.1) is 40.8 Å². The molecule has 0 radical (unpaired) electrons. The van der Waals surface area contributed by atoms with E-state index in [1.165, 1.54) is 18.2 Å². The fourth-order valence-corrected chi connectivity index (χ4v) is 3.24. The number of rotatable bonds is 3. The van der Waals surface area contributed by atoms with Gasteiger partial charge in [-0.05, 0) is 18.1 Å². The van der Waals surface area contributed by atoms with Gasteiger partial charge in [-0.2, -0.15) is 8.78 Å². The van der Waals surface area contributed by atoms with Crippen LogP contribution in [0.25, 0.3) is 0 Å². The first-order valence-corrected chi connectivity index (χ1v) is 8.21. The highest BCUT2D eigenvalue weighted by atomic mass is 19.2.